The van der Waals surface area contributed by atoms with E-state index < -0.39 is 6.04 Å². The molecular weight excluding hydrogens is 412 g/mol. The van der Waals surface area contributed by atoms with Crippen LogP contribution in [0.25, 0.3) is 0 Å². The lowest BCUT2D eigenvalue weighted by Gasteiger charge is -2.31. The Morgan fingerprint density at radius 3 is 1.91 bits per heavy atom. The average molecular weight is 445 g/mol. The number of nitrogens with one attached hydrogen (secondary N) is 1. The Kier molecular flexibility index (Phi) is 9.67. The highest BCUT2D eigenvalue weighted by Crippen LogP contribution is 2.17. The van der Waals surface area contributed by atoms with E-state index in [0.717, 1.165) is 16.7 Å². The third kappa shape index (κ3) is 7.88. The Labute approximate surface area is 196 Å². The van der Waals surface area contributed by atoms with Crippen molar-refractivity contribution in [1.82, 2.24) is 10.2 Å². The van der Waals surface area contributed by atoms with E-state index in [-0.39, 0.29) is 18.4 Å². The maximum atomic E-state index is 13.5. The molecule has 3 aromatic rings. The molecule has 2 N–H and O–H groups in total. The number of aryl methyl sites for hydroxylation is 1. The van der Waals surface area contributed by atoms with E-state index >= 15 is 0 Å². The average Bonchev–Trinajstić information content (AvgIpc) is 2.86. The molecule has 3 rings (SSSR count). The summed E-state index contributed by atoms with van der Waals surface area (Å²) in [5.74, 6) is -0.253. The molecule has 0 bridgehead atoms. The Bertz CT molecular complexity index is 978. The maximum absolute atomic E-state index is 13.5. The first kappa shape index (κ1) is 24.2. The summed E-state index contributed by atoms with van der Waals surface area (Å²) in [7, 11) is 0. The van der Waals surface area contributed by atoms with E-state index in [1.54, 1.807) is 4.90 Å². The summed E-state index contributed by atoms with van der Waals surface area (Å²) < 4.78 is 0. The zero-order chi connectivity index (χ0) is 23.3. The number of nitrogens with zero attached hydrogens (tertiary/aromatic N) is 1. The third-order valence-electron chi connectivity index (χ3n) is 5.57. The van der Waals surface area contributed by atoms with Gasteiger partial charge in [0.15, 0.2) is 0 Å². The molecular formula is C28H32N2O3. The number of hydrogen-bond donors (Lipinski definition) is 2. The van der Waals surface area contributed by atoms with Crippen molar-refractivity contribution in [3.8, 4) is 0 Å². The van der Waals surface area contributed by atoms with Gasteiger partial charge in [0, 0.05) is 32.5 Å². The topological polar surface area (TPSA) is 69.6 Å². The monoisotopic (exact) mass is 444 g/mol. The van der Waals surface area contributed by atoms with E-state index in [4.69, 9.17) is 5.11 Å². The highest BCUT2D eigenvalue weighted by Gasteiger charge is 2.30. The van der Waals surface area contributed by atoms with Gasteiger partial charge in [-0.1, -0.05) is 91.0 Å². The number of aliphatic hydroxyl groups is 1. The van der Waals surface area contributed by atoms with Crippen LogP contribution in [-0.4, -0.2) is 41.0 Å². The number of carbonyl (C=O) groups excluding carboxylic acids is 2. The summed E-state index contributed by atoms with van der Waals surface area (Å²) in [4.78, 5) is 28.4. The van der Waals surface area contributed by atoms with Crippen LogP contribution in [0.5, 0.6) is 0 Å². The van der Waals surface area contributed by atoms with Crippen molar-refractivity contribution in [3.05, 3.63) is 108 Å². The predicted octanol–water partition coefficient (Wildman–Crippen LogP) is 3.76. The summed E-state index contributed by atoms with van der Waals surface area (Å²) in [6.07, 6.45) is 1.85. The second kappa shape index (κ2) is 13.2. The maximum Gasteiger partial charge on any atom is 0.243 e. The molecule has 5 nitrogen and oxygen atoms in total. The third-order valence-corrected chi connectivity index (χ3v) is 5.57. The molecule has 172 valence electrons. The molecule has 0 radical (unpaired) electrons. The number of carbonyl (C=O) groups is 2. The minimum Gasteiger partial charge on any atom is -0.396 e. The molecule has 0 unspecified atom stereocenters. The molecule has 0 spiro atoms. The molecule has 0 heterocycles. The van der Waals surface area contributed by atoms with Crippen molar-refractivity contribution in [1.29, 1.82) is 0 Å². The van der Waals surface area contributed by atoms with E-state index in [1.165, 1.54) is 0 Å². The van der Waals surface area contributed by atoms with Gasteiger partial charge in [-0.05, 0) is 29.5 Å². The molecule has 0 aromatic heterocycles. The molecule has 5 heteroatoms. The van der Waals surface area contributed by atoms with Crippen molar-refractivity contribution in [2.45, 2.75) is 38.3 Å². The zero-order valence-corrected chi connectivity index (χ0v) is 18.9. The van der Waals surface area contributed by atoms with Gasteiger partial charge in [-0.3, -0.25) is 9.59 Å². The van der Waals surface area contributed by atoms with Gasteiger partial charge >= 0.3 is 0 Å². The standard InChI is InChI=1S/C28H32N2O3/c31-20-10-19-29-28(33)26(21-24-13-6-2-7-14-24)30(22-25-15-8-3-9-16-25)27(32)18-17-23-11-4-1-5-12-23/h1-9,11-16,26,31H,10,17-22H2,(H,29,33)/t26-/m0/s1. The van der Waals surface area contributed by atoms with Crippen molar-refractivity contribution in [2.75, 3.05) is 13.2 Å². The van der Waals surface area contributed by atoms with Gasteiger partial charge < -0.3 is 15.3 Å². The van der Waals surface area contributed by atoms with Crippen LogP contribution < -0.4 is 5.32 Å². The molecule has 0 saturated heterocycles. The Balaban J connectivity index is 1.85. The SMILES string of the molecule is O=C(NCCCO)[C@H](Cc1ccccc1)N(Cc1ccccc1)C(=O)CCc1ccccc1. The second-order valence-electron chi connectivity index (χ2n) is 8.07. The molecule has 0 aliphatic heterocycles. The van der Waals surface area contributed by atoms with E-state index in [1.807, 2.05) is 91.0 Å². The lowest BCUT2D eigenvalue weighted by Crippen LogP contribution is -2.50. The summed E-state index contributed by atoms with van der Waals surface area (Å²) in [6.45, 7) is 0.741. The molecule has 0 aliphatic carbocycles. The molecule has 0 saturated carbocycles. The van der Waals surface area contributed by atoms with Crippen LogP contribution in [0, 0.1) is 0 Å². The fourth-order valence-corrected chi connectivity index (χ4v) is 3.78. The molecule has 3 aromatic carbocycles. The number of amides is 2. The lowest BCUT2D eigenvalue weighted by molar-refractivity contribution is -0.141. The Morgan fingerprint density at radius 2 is 1.33 bits per heavy atom. The van der Waals surface area contributed by atoms with Gasteiger partial charge in [-0.15, -0.1) is 0 Å². The summed E-state index contributed by atoms with van der Waals surface area (Å²) in [6, 6.07) is 28.8. The quantitative estimate of drug-likeness (QED) is 0.418. The van der Waals surface area contributed by atoms with Crippen LogP contribution in [0.2, 0.25) is 0 Å². The molecule has 0 aliphatic rings. The second-order valence-corrected chi connectivity index (χ2v) is 8.07. The number of rotatable bonds is 12. The van der Waals surface area contributed by atoms with Gasteiger partial charge in [0.1, 0.15) is 6.04 Å². The van der Waals surface area contributed by atoms with Crippen LogP contribution in [-0.2, 0) is 29.0 Å². The van der Waals surface area contributed by atoms with E-state index in [2.05, 4.69) is 5.32 Å². The van der Waals surface area contributed by atoms with Gasteiger partial charge in [0.05, 0.1) is 0 Å². The van der Waals surface area contributed by atoms with Crippen LogP contribution in [0.3, 0.4) is 0 Å². The Morgan fingerprint density at radius 1 is 0.788 bits per heavy atom. The summed E-state index contributed by atoms with van der Waals surface area (Å²) >= 11 is 0. The van der Waals surface area contributed by atoms with Gasteiger partial charge in [0.25, 0.3) is 0 Å². The highest BCUT2D eigenvalue weighted by atomic mass is 16.3. The minimum atomic E-state index is -0.644. The number of hydrogen-bond acceptors (Lipinski definition) is 3. The fourth-order valence-electron chi connectivity index (χ4n) is 3.78. The fraction of sp³-hybridized carbons (Fsp3) is 0.286. The van der Waals surface area contributed by atoms with Crippen LogP contribution in [0.4, 0.5) is 0 Å². The Hall–Kier alpha value is -3.44. The first-order valence-corrected chi connectivity index (χ1v) is 11.5. The van der Waals surface area contributed by atoms with E-state index in [0.29, 0.717) is 38.8 Å². The van der Waals surface area contributed by atoms with E-state index in [9.17, 15) is 9.59 Å². The number of aliphatic hydroxyl groups excluding tert-OH is 1. The zero-order valence-electron chi connectivity index (χ0n) is 18.9. The molecule has 1 atom stereocenters. The van der Waals surface area contributed by atoms with Crippen LogP contribution in [0.15, 0.2) is 91.0 Å². The van der Waals surface area contributed by atoms with Gasteiger partial charge in [-0.2, -0.15) is 0 Å². The first-order chi connectivity index (χ1) is 16.2. The molecule has 33 heavy (non-hydrogen) atoms. The van der Waals surface area contributed by atoms with Crippen molar-refractivity contribution >= 4 is 11.8 Å². The van der Waals surface area contributed by atoms with Gasteiger partial charge in [0.2, 0.25) is 11.8 Å². The largest absolute Gasteiger partial charge is 0.396 e. The van der Waals surface area contributed by atoms with Crippen molar-refractivity contribution in [3.63, 3.8) is 0 Å². The smallest absolute Gasteiger partial charge is 0.243 e. The van der Waals surface area contributed by atoms with Crippen LogP contribution >= 0.6 is 0 Å². The van der Waals surface area contributed by atoms with Crippen LogP contribution in [0.1, 0.15) is 29.5 Å². The first-order valence-electron chi connectivity index (χ1n) is 11.5. The summed E-state index contributed by atoms with van der Waals surface area (Å²) in [5, 5.41) is 12.0. The lowest BCUT2D eigenvalue weighted by atomic mass is 10.0. The molecule has 2 amide bonds. The van der Waals surface area contributed by atoms with Crippen molar-refractivity contribution in [2.24, 2.45) is 0 Å². The predicted molar refractivity (Wildman–Crippen MR) is 130 cm³/mol. The normalized spacial score (nSPS) is 11.5. The number of benzene rings is 3. The van der Waals surface area contributed by atoms with Gasteiger partial charge in [-0.25, -0.2) is 0 Å². The van der Waals surface area contributed by atoms with Crippen molar-refractivity contribution < 1.29 is 14.7 Å². The summed E-state index contributed by atoms with van der Waals surface area (Å²) in [5.41, 5.74) is 3.07. The molecule has 0 fully saturated rings. The highest BCUT2D eigenvalue weighted by molar-refractivity contribution is 5.88. The minimum absolute atomic E-state index is 0.00731.